The minimum atomic E-state index is -0.327. The molecular formula is C9H10N4OS2. The highest BCUT2D eigenvalue weighted by atomic mass is 32.2. The predicted molar refractivity (Wildman–Crippen MR) is 66.5 cm³/mol. The van der Waals surface area contributed by atoms with Crippen LogP contribution in [-0.4, -0.2) is 31.8 Å². The van der Waals surface area contributed by atoms with E-state index in [0.29, 0.717) is 0 Å². The number of hydrazone groups is 1. The van der Waals surface area contributed by atoms with E-state index >= 15 is 0 Å². The number of hydrogen-bond donors (Lipinski definition) is 1. The molecule has 16 heavy (non-hydrogen) atoms. The summed E-state index contributed by atoms with van der Waals surface area (Å²) in [7, 11) is 0. The maximum Gasteiger partial charge on any atom is 0.291 e. The first-order valence-corrected chi connectivity index (χ1v) is 6.73. The fraction of sp³-hybridized carbons (Fsp3) is 0.333. The van der Waals surface area contributed by atoms with Gasteiger partial charge in [-0.05, 0) is 6.42 Å². The van der Waals surface area contributed by atoms with Gasteiger partial charge in [0.05, 0.1) is 6.20 Å². The molecule has 1 aliphatic rings. The summed E-state index contributed by atoms with van der Waals surface area (Å²) in [5, 5.41) is 4.03. The Balaban J connectivity index is 1.92. The Morgan fingerprint density at radius 3 is 2.88 bits per heavy atom. The van der Waals surface area contributed by atoms with Crippen LogP contribution < -0.4 is 5.43 Å². The third-order valence-electron chi connectivity index (χ3n) is 1.78. The van der Waals surface area contributed by atoms with Crippen LogP contribution in [0.4, 0.5) is 0 Å². The van der Waals surface area contributed by atoms with Crippen LogP contribution >= 0.6 is 23.5 Å². The molecule has 0 bridgehead atoms. The van der Waals surface area contributed by atoms with Crippen molar-refractivity contribution in [2.75, 3.05) is 11.5 Å². The summed E-state index contributed by atoms with van der Waals surface area (Å²) in [6, 6.07) is 0. The number of carbonyl (C=O) groups is 1. The van der Waals surface area contributed by atoms with Crippen molar-refractivity contribution in [3.8, 4) is 0 Å². The quantitative estimate of drug-likeness (QED) is 0.807. The standard InChI is InChI=1S/C9H10N4OS2/c14-8(7-6-10-2-3-11-7)12-13-9-15-4-1-5-16-9/h2-3,6H,1,4-5H2,(H,12,14). The zero-order chi connectivity index (χ0) is 11.2. The number of amides is 1. The molecule has 1 aliphatic heterocycles. The van der Waals surface area contributed by atoms with Gasteiger partial charge >= 0.3 is 0 Å². The molecule has 1 amide bonds. The maximum atomic E-state index is 11.5. The third kappa shape index (κ3) is 3.21. The molecule has 84 valence electrons. The lowest BCUT2D eigenvalue weighted by Gasteiger charge is -2.10. The van der Waals surface area contributed by atoms with Gasteiger partial charge in [-0.15, -0.1) is 0 Å². The van der Waals surface area contributed by atoms with Crippen LogP contribution in [0, 0.1) is 0 Å². The molecule has 0 unspecified atom stereocenters. The van der Waals surface area contributed by atoms with Crippen LogP contribution in [0.3, 0.4) is 0 Å². The van der Waals surface area contributed by atoms with Crippen LogP contribution in [0.2, 0.25) is 0 Å². The lowest BCUT2D eigenvalue weighted by atomic mass is 10.4. The van der Waals surface area contributed by atoms with Crippen LogP contribution in [0.5, 0.6) is 0 Å². The van der Waals surface area contributed by atoms with E-state index in [2.05, 4.69) is 20.5 Å². The van der Waals surface area contributed by atoms with Crippen molar-refractivity contribution < 1.29 is 4.79 Å². The summed E-state index contributed by atoms with van der Waals surface area (Å²) in [4.78, 5) is 19.3. The number of nitrogens with one attached hydrogen (secondary N) is 1. The second kappa shape index (κ2) is 5.86. The highest BCUT2D eigenvalue weighted by Gasteiger charge is 2.10. The topological polar surface area (TPSA) is 67.2 Å². The van der Waals surface area contributed by atoms with Gasteiger partial charge in [-0.1, -0.05) is 23.5 Å². The Morgan fingerprint density at radius 2 is 2.19 bits per heavy atom. The maximum absolute atomic E-state index is 11.5. The van der Waals surface area contributed by atoms with Gasteiger partial charge in [-0.25, -0.2) is 10.4 Å². The molecule has 7 heteroatoms. The molecular weight excluding hydrogens is 244 g/mol. The van der Waals surface area contributed by atoms with Gasteiger partial charge < -0.3 is 0 Å². The Morgan fingerprint density at radius 1 is 1.38 bits per heavy atom. The van der Waals surface area contributed by atoms with Crippen molar-refractivity contribution in [3.63, 3.8) is 0 Å². The van der Waals surface area contributed by atoms with Crippen LogP contribution in [0.1, 0.15) is 16.9 Å². The van der Waals surface area contributed by atoms with Crippen LogP contribution in [0.25, 0.3) is 0 Å². The van der Waals surface area contributed by atoms with E-state index in [9.17, 15) is 4.79 Å². The number of aromatic nitrogens is 2. The van der Waals surface area contributed by atoms with Crippen molar-refractivity contribution in [1.82, 2.24) is 15.4 Å². The van der Waals surface area contributed by atoms with Crippen molar-refractivity contribution in [1.29, 1.82) is 0 Å². The molecule has 1 aromatic rings. The monoisotopic (exact) mass is 254 g/mol. The first-order valence-electron chi connectivity index (χ1n) is 4.76. The Kier molecular flexibility index (Phi) is 4.17. The van der Waals surface area contributed by atoms with E-state index in [-0.39, 0.29) is 11.6 Å². The van der Waals surface area contributed by atoms with E-state index in [4.69, 9.17) is 0 Å². The highest BCUT2D eigenvalue weighted by Crippen LogP contribution is 2.24. The molecule has 1 aromatic heterocycles. The Bertz CT molecular complexity index is 388. The first kappa shape index (κ1) is 11.4. The number of nitrogens with zero attached hydrogens (tertiary/aromatic N) is 3. The minimum absolute atomic E-state index is 0.276. The molecule has 1 saturated heterocycles. The van der Waals surface area contributed by atoms with Crippen molar-refractivity contribution in [3.05, 3.63) is 24.3 Å². The lowest BCUT2D eigenvalue weighted by Crippen LogP contribution is -2.20. The summed E-state index contributed by atoms with van der Waals surface area (Å²) in [6.07, 6.45) is 5.60. The van der Waals surface area contributed by atoms with E-state index < -0.39 is 0 Å². The molecule has 2 heterocycles. The molecule has 1 fully saturated rings. The SMILES string of the molecule is O=C(NN=C1SCCCS1)c1cnccn1. The largest absolute Gasteiger partial charge is 0.291 e. The van der Waals surface area contributed by atoms with Crippen molar-refractivity contribution >= 4 is 33.8 Å². The average molecular weight is 254 g/mol. The number of hydrogen-bond acceptors (Lipinski definition) is 6. The van der Waals surface area contributed by atoms with Gasteiger partial charge in [0.2, 0.25) is 0 Å². The van der Waals surface area contributed by atoms with Crippen LogP contribution in [0.15, 0.2) is 23.7 Å². The molecule has 0 aromatic carbocycles. The van der Waals surface area contributed by atoms with E-state index in [1.54, 1.807) is 23.5 Å². The van der Waals surface area contributed by atoms with Gasteiger partial charge in [0.15, 0.2) is 0 Å². The Hall–Kier alpha value is -1.08. The van der Waals surface area contributed by atoms with E-state index in [0.717, 1.165) is 15.9 Å². The highest BCUT2D eigenvalue weighted by molar-refractivity contribution is 8.39. The Labute approximate surface area is 102 Å². The average Bonchev–Trinajstić information content (AvgIpc) is 2.38. The van der Waals surface area contributed by atoms with Gasteiger partial charge in [0.25, 0.3) is 5.91 Å². The summed E-state index contributed by atoms with van der Waals surface area (Å²) in [5.74, 6) is 1.80. The lowest BCUT2D eigenvalue weighted by molar-refractivity contribution is 0.0950. The fourth-order valence-corrected chi connectivity index (χ4v) is 3.22. The van der Waals surface area contributed by atoms with E-state index in [1.165, 1.54) is 25.0 Å². The van der Waals surface area contributed by atoms with Gasteiger partial charge in [0.1, 0.15) is 10.1 Å². The van der Waals surface area contributed by atoms with Crippen LogP contribution in [-0.2, 0) is 0 Å². The van der Waals surface area contributed by atoms with Crippen molar-refractivity contribution in [2.24, 2.45) is 5.10 Å². The summed E-state index contributed by atoms with van der Waals surface area (Å²) in [6.45, 7) is 0. The molecule has 0 saturated carbocycles. The summed E-state index contributed by atoms with van der Waals surface area (Å²) < 4.78 is 0.906. The minimum Gasteiger partial charge on any atom is -0.265 e. The smallest absolute Gasteiger partial charge is 0.265 e. The zero-order valence-electron chi connectivity index (χ0n) is 8.42. The molecule has 0 aliphatic carbocycles. The second-order valence-electron chi connectivity index (χ2n) is 2.96. The molecule has 0 atom stereocenters. The normalized spacial score (nSPS) is 15.6. The number of thioether (sulfide) groups is 2. The molecule has 0 radical (unpaired) electrons. The number of rotatable bonds is 2. The summed E-state index contributed by atoms with van der Waals surface area (Å²) in [5.41, 5.74) is 2.75. The second-order valence-corrected chi connectivity index (χ2v) is 5.39. The van der Waals surface area contributed by atoms with E-state index in [1.807, 2.05) is 0 Å². The van der Waals surface area contributed by atoms with Gasteiger partial charge in [-0.3, -0.25) is 9.78 Å². The number of carbonyl (C=O) groups excluding carboxylic acids is 1. The fourth-order valence-electron chi connectivity index (χ4n) is 1.05. The zero-order valence-corrected chi connectivity index (χ0v) is 10.1. The summed E-state index contributed by atoms with van der Waals surface area (Å²) >= 11 is 3.33. The molecule has 1 N–H and O–H groups in total. The van der Waals surface area contributed by atoms with Gasteiger partial charge in [-0.2, -0.15) is 5.10 Å². The predicted octanol–water partition coefficient (Wildman–Crippen LogP) is 1.35. The van der Waals surface area contributed by atoms with Crippen molar-refractivity contribution in [2.45, 2.75) is 6.42 Å². The first-order chi connectivity index (χ1) is 7.86. The van der Waals surface area contributed by atoms with Gasteiger partial charge in [0, 0.05) is 23.9 Å². The molecule has 5 nitrogen and oxygen atoms in total. The molecule has 0 spiro atoms. The third-order valence-corrected chi connectivity index (χ3v) is 4.15. The molecule has 2 rings (SSSR count).